The maximum Gasteiger partial charge on any atom is 0.316 e. The van der Waals surface area contributed by atoms with Crippen LogP contribution in [0.15, 0.2) is 23.1 Å². The van der Waals surface area contributed by atoms with Crippen LogP contribution in [0.25, 0.3) is 0 Å². The van der Waals surface area contributed by atoms with Gasteiger partial charge in [-0.2, -0.15) is 0 Å². The molecule has 0 aromatic heterocycles. The lowest BCUT2D eigenvalue weighted by molar-refractivity contribution is -0.136. The molecule has 88 valence electrons. The first-order valence-electron chi connectivity index (χ1n) is 4.99. The quantitative estimate of drug-likeness (QED) is 0.629. The number of carboxylic acid groups (broad SMARTS) is 1. The van der Waals surface area contributed by atoms with Crippen LogP contribution < -0.4 is 5.73 Å². The highest BCUT2D eigenvalue weighted by Crippen LogP contribution is 2.36. The van der Waals surface area contributed by atoms with E-state index in [9.17, 15) is 4.79 Å². The van der Waals surface area contributed by atoms with E-state index >= 15 is 0 Å². The Morgan fingerprint density at radius 2 is 2.31 bits per heavy atom. The smallest absolute Gasteiger partial charge is 0.316 e. The monoisotopic (exact) mass is 259 g/mol. The highest BCUT2D eigenvalue weighted by molar-refractivity contribution is 8.00. The number of hydrogen-bond acceptors (Lipinski definition) is 3. The molecule has 0 bridgehead atoms. The first kappa shape index (κ1) is 13.2. The topological polar surface area (TPSA) is 63.3 Å². The second kappa shape index (κ2) is 6.01. The van der Waals surface area contributed by atoms with Crippen molar-refractivity contribution in [1.82, 2.24) is 0 Å². The van der Waals surface area contributed by atoms with Gasteiger partial charge in [0.1, 0.15) is 5.25 Å². The van der Waals surface area contributed by atoms with E-state index in [0.29, 0.717) is 22.0 Å². The van der Waals surface area contributed by atoms with Crippen LogP contribution in [0.4, 0.5) is 5.69 Å². The van der Waals surface area contributed by atoms with E-state index in [-0.39, 0.29) is 0 Å². The van der Waals surface area contributed by atoms with E-state index in [1.54, 1.807) is 18.2 Å². The molecule has 0 radical (unpaired) electrons. The van der Waals surface area contributed by atoms with E-state index in [1.807, 2.05) is 6.92 Å². The molecule has 1 aromatic rings. The van der Waals surface area contributed by atoms with E-state index in [4.69, 9.17) is 22.4 Å². The molecule has 1 aromatic carbocycles. The Bertz CT molecular complexity index is 364. The highest BCUT2D eigenvalue weighted by Gasteiger charge is 2.20. The second-order valence-electron chi connectivity index (χ2n) is 3.39. The van der Waals surface area contributed by atoms with Gasteiger partial charge in [0.15, 0.2) is 0 Å². The summed E-state index contributed by atoms with van der Waals surface area (Å²) in [4.78, 5) is 11.7. The zero-order chi connectivity index (χ0) is 12.1. The number of hydrogen-bond donors (Lipinski definition) is 2. The molecule has 0 aliphatic heterocycles. The predicted octanol–water partition coefficient (Wildman–Crippen LogP) is 3.27. The normalized spacial score (nSPS) is 12.4. The van der Waals surface area contributed by atoms with Crippen molar-refractivity contribution in [2.24, 2.45) is 0 Å². The van der Waals surface area contributed by atoms with Crippen LogP contribution in [0.5, 0.6) is 0 Å². The van der Waals surface area contributed by atoms with Gasteiger partial charge in [0.05, 0.1) is 5.02 Å². The fourth-order valence-electron chi connectivity index (χ4n) is 1.29. The average molecular weight is 260 g/mol. The van der Waals surface area contributed by atoms with Crippen LogP contribution in [0.3, 0.4) is 0 Å². The molecule has 0 aliphatic rings. The van der Waals surface area contributed by atoms with Gasteiger partial charge in [0.25, 0.3) is 0 Å². The number of rotatable bonds is 5. The van der Waals surface area contributed by atoms with Crippen LogP contribution >= 0.6 is 23.4 Å². The van der Waals surface area contributed by atoms with Crippen LogP contribution in [0, 0.1) is 0 Å². The second-order valence-corrected chi connectivity index (χ2v) is 5.01. The number of carboxylic acids is 1. The predicted molar refractivity (Wildman–Crippen MR) is 68.1 cm³/mol. The van der Waals surface area contributed by atoms with Gasteiger partial charge >= 0.3 is 5.97 Å². The molecule has 0 aliphatic carbocycles. The molecule has 1 atom stereocenters. The number of carbonyl (C=O) groups is 1. The fourth-order valence-corrected chi connectivity index (χ4v) is 2.73. The molecule has 0 saturated heterocycles. The minimum Gasteiger partial charge on any atom is -0.480 e. The van der Waals surface area contributed by atoms with Crippen molar-refractivity contribution in [2.75, 3.05) is 5.73 Å². The first-order valence-corrected chi connectivity index (χ1v) is 6.25. The molecule has 0 heterocycles. The molecule has 0 saturated carbocycles. The van der Waals surface area contributed by atoms with Crippen LogP contribution in [-0.4, -0.2) is 16.3 Å². The number of halogens is 1. The molecular weight excluding hydrogens is 246 g/mol. The Morgan fingerprint density at radius 3 is 2.81 bits per heavy atom. The lowest BCUT2D eigenvalue weighted by atomic mass is 10.2. The molecule has 16 heavy (non-hydrogen) atoms. The summed E-state index contributed by atoms with van der Waals surface area (Å²) in [6.45, 7) is 1.95. The first-order chi connectivity index (χ1) is 7.56. The molecule has 1 unspecified atom stereocenters. The standard InChI is InChI=1S/C11H14ClNO2S/c1-2-4-9(11(14)15)16-10-7(12)5-3-6-8(10)13/h3,5-6,9H,2,4,13H2,1H3,(H,14,15). The summed E-state index contributed by atoms with van der Waals surface area (Å²) in [5.74, 6) is -0.828. The van der Waals surface area contributed by atoms with Crippen LogP contribution in [-0.2, 0) is 4.79 Å². The lowest BCUT2D eigenvalue weighted by Gasteiger charge is -2.13. The van der Waals surface area contributed by atoms with E-state index in [0.717, 1.165) is 6.42 Å². The third-order valence-electron chi connectivity index (χ3n) is 2.08. The summed E-state index contributed by atoms with van der Waals surface area (Å²) in [5, 5.41) is 9.06. The maximum atomic E-state index is 11.0. The van der Waals surface area contributed by atoms with Crippen LogP contribution in [0.2, 0.25) is 5.02 Å². The van der Waals surface area contributed by atoms with Crippen molar-refractivity contribution in [3.63, 3.8) is 0 Å². The largest absolute Gasteiger partial charge is 0.480 e. The Morgan fingerprint density at radius 1 is 1.62 bits per heavy atom. The van der Waals surface area contributed by atoms with Crippen molar-refractivity contribution >= 4 is 35.0 Å². The van der Waals surface area contributed by atoms with Crippen molar-refractivity contribution in [3.05, 3.63) is 23.2 Å². The number of benzene rings is 1. The summed E-state index contributed by atoms with van der Waals surface area (Å²) >= 11 is 7.20. The summed E-state index contributed by atoms with van der Waals surface area (Å²) in [6.07, 6.45) is 1.42. The summed E-state index contributed by atoms with van der Waals surface area (Å²) in [6, 6.07) is 5.18. The highest BCUT2D eigenvalue weighted by atomic mass is 35.5. The number of nitrogens with two attached hydrogens (primary N) is 1. The molecule has 0 amide bonds. The van der Waals surface area contributed by atoms with Gasteiger partial charge < -0.3 is 10.8 Å². The average Bonchev–Trinajstić information content (AvgIpc) is 2.21. The zero-order valence-electron chi connectivity index (χ0n) is 8.94. The zero-order valence-corrected chi connectivity index (χ0v) is 10.5. The molecule has 5 heteroatoms. The van der Waals surface area contributed by atoms with E-state index < -0.39 is 11.2 Å². The molecule has 0 fully saturated rings. The SMILES string of the molecule is CCCC(Sc1c(N)cccc1Cl)C(=O)O. The number of aliphatic carboxylic acids is 1. The summed E-state index contributed by atoms with van der Waals surface area (Å²) < 4.78 is 0. The van der Waals surface area contributed by atoms with Crippen molar-refractivity contribution in [1.29, 1.82) is 0 Å². The van der Waals surface area contributed by atoms with Gasteiger partial charge in [0.2, 0.25) is 0 Å². The lowest BCUT2D eigenvalue weighted by Crippen LogP contribution is -2.16. The summed E-state index contributed by atoms with van der Waals surface area (Å²) in [5.41, 5.74) is 6.30. The van der Waals surface area contributed by atoms with Gasteiger partial charge in [0, 0.05) is 10.6 Å². The van der Waals surface area contributed by atoms with Crippen LogP contribution in [0.1, 0.15) is 19.8 Å². The maximum absolute atomic E-state index is 11.0. The Balaban J connectivity index is 2.89. The van der Waals surface area contributed by atoms with Crippen molar-refractivity contribution in [3.8, 4) is 0 Å². The molecule has 1 rings (SSSR count). The number of anilines is 1. The van der Waals surface area contributed by atoms with E-state index in [2.05, 4.69) is 0 Å². The Hall–Kier alpha value is -0.870. The molecule has 0 spiro atoms. The summed E-state index contributed by atoms with van der Waals surface area (Å²) in [7, 11) is 0. The third-order valence-corrected chi connectivity index (χ3v) is 3.92. The Labute approximate surface area is 104 Å². The number of thioether (sulfide) groups is 1. The van der Waals surface area contributed by atoms with Gasteiger partial charge in [-0.25, -0.2) is 0 Å². The van der Waals surface area contributed by atoms with Gasteiger partial charge in [-0.15, -0.1) is 11.8 Å². The van der Waals surface area contributed by atoms with Gasteiger partial charge in [-0.05, 0) is 18.6 Å². The number of nitrogen functional groups attached to an aromatic ring is 1. The van der Waals surface area contributed by atoms with E-state index in [1.165, 1.54) is 11.8 Å². The Kier molecular flexibility index (Phi) is 4.96. The van der Waals surface area contributed by atoms with Crippen molar-refractivity contribution < 1.29 is 9.90 Å². The minimum atomic E-state index is -0.828. The molecule has 3 N–H and O–H groups in total. The third kappa shape index (κ3) is 3.32. The van der Waals surface area contributed by atoms with Gasteiger partial charge in [-0.1, -0.05) is 31.0 Å². The van der Waals surface area contributed by atoms with Gasteiger partial charge in [-0.3, -0.25) is 4.79 Å². The molecule has 3 nitrogen and oxygen atoms in total. The van der Waals surface area contributed by atoms with Crippen molar-refractivity contribution in [2.45, 2.75) is 29.9 Å². The minimum absolute atomic E-state index is 0.493. The fraction of sp³-hybridized carbons (Fsp3) is 0.364. The molecular formula is C11H14ClNO2S.